The van der Waals surface area contributed by atoms with Crippen molar-refractivity contribution in [1.29, 1.82) is 0 Å². The molecule has 224 valence electrons. The van der Waals surface area contributed by atoms with E-state index in [9.17, 15) is 18.0 Å². The van der Waals surface area contributed by atoms with E-state index in [0.717, 1.165) is 18.4 Å². The first-order valence-electron chi connectivity index (χ1n) is 14.7. The molecule has 2 amide bonds. The van der Waals surface area contributed by atoms with Crippen LogP contribution < -0.4 is 5.32 Å². The Balaban J connectivity index is 1.31. The molecule has 1 saturated carbocycles. The molecule has 0 unspecified atom stereocenters. The first kappa shape index (κ1) is 30.0. The number of benzene rings is 2. The van der Waals surface area contributed by atoms with Crippen molar-refractivity contribution >= 4 is 21.7 Å². The lowest BCUT2D eigenvalue weighted by Gasteiger charge is -2.44. The van der Waals surface area contributed by atoms with Crippen molar-refractivity contribution in [2.45, 2.75) is 68.6 Å². The summed E-state index contributed by atoms with van der Waals surface area (Å²) in [5.74, 6) is -0.0894. The molecular weight excluding hydrogens is 550 g/mol. The number of aryl methyl sites for hydroxylation is 1. The van der Waals surface area contributed by atoms with Crippen molar-refractivity contribution in [2.24, 2.45) is 13.0 Å². The smallest absolute Gasteiger partial charge is 0.272 e. The fourth-order valence-corrected chi connectivity index (χ4v) is 8.12. The molecule has 2 heterocycles. The van der Waals surface area contributed by atoms with E-state index in [0.29, 0.717) is 36.1 Å². The quantitative estimate of drug-likeness (QED) is 0.406. The molecule has 4 atom stereocenters. The Kier molecular flexibility index (Phi) is 8.84. The van der Waals surface area contributed by atoms with Crippen LogP contribution in [0.2, 0.25) is 0 Å². The van der Waals surface area contributed by atoms with Gasteiger partial charge >= 0.3 is 0 Å². The second-order valence-corrected chi connectivity index (χ2v) is 14.0. The van der Waals surface area contributed by atoms with Crippen molar-refractivity contribution in [3.63, 3.8) is 0 Å². The summed E-state index contributed by atoms with van der Waals surface area (Å²) in [5, 5.41) is 2.90. The molecule has 0 bridgehead atoms. The molecule has 3 aromatic rings. The normalized spacial score (nSPS) is 23.1. The lowest BCUT2D eigenvalue weighted by atomic mass is 9.81. The van der Waals surface area contributed by atoms with Gasteiger partial charge < -0.3 is 19.7 Å². The van der Waals surface area contributed by atoms with Gasteiger partial charge in [-0.1, -0.05) is 48.5 Å². The van der Waals surface area contributed by atoms with Crippen LogP contribution in [-0.4, -0.2) is 83.1 Å². The molecule has 0 spiro atoms. The summed E-state index contributed by atoms with van der Waals surface area (Å²) >= 11 is 0. The van der Waals surface area contributed by atoms with Gasteiger partial charge in [-0.25, -0.2) is 13.4 Å². The Morgan fingerprint density at radius 3 is 2.38 bits per heavy atom. The van der Waals surface area contributed by atoms with E-state index in [4.69, 9.17) is 0 Å². The summed E-state index contributed by atoms with van der Waals surface area (Å²) in [7, 11) is 0.388. The van der Waals surface area contributed by atoms with Gasteiger partial charge in [-0.3, -0.25) is 9.59 Å². The molecule has 1 N–H and O–H groups in total. The van der Waals surface area contributed by atoms with Crippen molar-refractivity contribution < 1.29 is 18.0 Å². The highest BCUT2D eigenvalue weighted by atomic mass is 32.2. The van der Waals surface area contributed by atoms with Crippen molar-refractivity contribution in [3.8, 4) is 11.4 Å². The third-order valence-corrected chi connectivity index (χ3v) is 10.8. The van der Waals surface area contributed by atoms with Crippen LogP contribution in [-0.2, 0) is 21.7 Å². The molecular formula is C32H41N5O4S. The van der Waals surface area contributed by atoms with E-state index in [2.05, 4.69) is 36.1 Å². The number of hydrogen-bond donors (Lipinski definition) is 1. The van der Waals surface area contributed by atoms with E-state index < -0.39 is 21.8 Å². The van der Waals surface area contributed by atoms with Crippen LogP contribution in [0, 0.1) is 5.92 Å². The number of carbonyl (C=O) groups is 2. The number of sulfone groups is 1. The first-order chi connectivity index (χ1) is 20.0. The standard InChI is InChI=1S/C32H41N5O4S/c1-22(2)36(4)25-15-16-29(24(19-25)21-42(40,41)26-13-9-6-10-14-26)37-18-17-27(32(37)39)34-31(38)28-20-35(3)30(33-28)23-11-7-5-8-12-23/h5-14,20,22,24-25,27,29H,15-19,21H2,1-4H3,(H,34,38)/t24-,25+,27-,29-/m0/s1. The maximum atomic E-state index is 13.7. The minimum Gasteiger partial charge on any atom is -0.339 e. The second kappa shape index (κ2) is 12.4. The van der Waals surface area contributed by atoms with Gasteiger partial charge in [-0.2, -0.15) is 0 Å². The summed E-state index contributed by atoms with van der Waals surface area (Å²) < 4.78 is 28.7. The molecule has 5 rings (SSSR count). The third-order valence-electron chi connectivity index (χ3n) is 8.93. The van der Waals surface area contributed by atoms with Gasteiger partial charge in [0.2, 0.25) is 5.91 Å². The van der Waals surface area contributed by atoms with Gasteiger partial charge in [0.15, 0.2) is 9.84 Å². The molecule has 1 aliphatic carbocycles. The van der Waals surface area contributed by atoms with Crippen LogP contribution >= 0.6 is 0 Å². The molecule has 42 heavy (non-hydrogen) atoms. The van der Waals surface area contributed by atoms with Crippen LogP contribution in [0.5, 0.6) is 0 Å². The molecule has 10 heteroatoms. The summed E-state index contributed by atoms with van der Waals surface area (Å²) in [6.45, 7) is 4.77. The zero-order valence-electron chi connectivity index (χ0n) is 24.8. The zero-order chi connectivity index (χ0) is 30.0. The number of carbonyl (C=O) groups excluding carboxylic acids is 2. The summed E-state index contributed by atoms with van der Waals surface area (Å²) in [4.78, 5) is 35.9. The zero-order valence-corrected chi connectivity index (χ0v) is 25.6. The van der Waals surface area contributed by atoms with E-state index >= 15 is 0 Å². The molecule has 2 aromatic carbocycles. The number of rotatable bonds is 9. The maximum Gasteiger partial charge on any atom is 0.272 e. The Morgan fingerprint density at radius 1 is 1.05 bits per heavy atom. The molecule has 1 aliphatic heterocycles. The minimum atomic E-state index is -3.54. The van der Waals surface area contributed by atoms with Crippen molar-refractivity contribution in [3.05, 3.63) is 72.6 Å². The second-order valence-electron chi connectivity index (χ2n) is 11.9. The molecule has 9 nitrogen and oxygen atoms in total. The average Bonchev–Trinajstić information content (AvgIpc) is 3.55. The van der Waals surface area contributed by atoms with E-state index in [1.807, 2.05) is 42.3 Å². The van der Waals surface area contributed by atoms with Gasteiger partial charge in [-0.05, 0) is 64.6 Å². The summed E-state index contributed by atoms with van der Waals surface area (Å²) in [6, 6.07) is 17.9. The summed E-state index contributed by atoms with van der Waals surface area (Å²) in [6.07, 6.45) is 4.46. The molecule has 2 fully saturated rings. The number of nitrogens with zero attached hydrogens (tertiary/aromatic N) is 4. The van der Waals surface area contributed by atoms with Gasteiger partial charge in [0.25, 0.3) is 5.91 Å². The largest absolute Gasteiger partial charge is 0.339 e. The van der Waals surface area contributed by atoms with Crippen molar-refractivity contribution in [1.82, 2.24) is 24.7 Å². The van der Waals surface area contributed by atoms with E-state index in [-0.39, 0.29) is 35.4 Å². The Bertz CT molecular complexity index is 1510. The monoisotopic (exact) mass is 591 g/mol. The number of imidazole rings is 1. The Labute approximate surface area is 248 Å². The highest BCUT2D eigenvalue weighted by molar-refractivity contribution is 7.91. The van der Waals surface area contributed by atoms with Gasteiger partial charge in [0.1, 0.15) is 17.6 Å². The Morgan fingerprint density at radius 2 is 1.71 bits per heavy atom. The van der Waals surface area contributed by atoms with Crippen LogP contribution in [0.15, 0.2) is 71.8 Å². The number of hydrogen-bond acceptors (Lipinski definition) is 6. The molecule has 2 aliphatic rings. The fourth-order valence-electron chi connectivity index (χ4n) is 6.44. The number of likely N-dealkylation sites (tertiary alicyclic amines) is 1. The van der Waals surface area contributed by atoms with Crippen LogP contribution in [0.25, 0.3) is 11.4 Å². The van der Waals surface area contributed by atoms with Crippen molar-refractivity contribution in [2.75, 3.05) is 19.3 Å². The minimum absolute atomic E-state index is 0.0128. The molecule has 0 radical (unpaired) electrons. The lowest BCUT2D eigenvalue weighted by Crippen LogP contribution is -2.53. The fraction of sp³-hybridized carbons (Fsp3) is 0.469. The van der Waals surface area contributed by atoms with Crippen LogP contribution in [0.3, 0.4) is 0 Å². The molecule has 1 aromatic heterocycles. The van der Waals surface area contributed by atoms with E-state index in [1.165, 1.54) is 0 Å². The predicted octanol–water partition coefficient (Wildman–Crippen LogP) is 3.77. The van der Waals surface area contributed by atoms with E-state index in [1.54, 1.807) is 41.1 Å². The summed E-state index contributed by atoms with van der Waals surface area (Å²) in [5.41, 5.74) is 1.16. The predicted molar refractivity (Wildman–Crippen MR) is 163 cm³/mol. The maximum absolute atomic E-state index is 13.7. The first-order valence-corrected chi connectivity index (χ1v) is 16.4. The van der Waals surface area contributed by atoms with Crippen LogP contribution in [0.1, 0.15) is 50.0 Å². The van der Waals surface area contributed by atoms with Gasteiger partial charge in [0, 0.05) is 43.5 Å². The average molecular weight is 592 g/mol. The number of nitrogens with one attached hydrogen (secondary N) is 1. The highest BCUT2D eigenvalue weighted by Crippen LogP contribution is 2.36. The lowest BCUT2D eigenvalue weighted by molar-refractivity contribution is -0.133. The van der Waals surface area contributed by atoms with Gasteiger partial charge in [0.05, 0.1) is 10.6 Å². The highest BCUT2D eigenvalue weighted by Gasteiger charge is 2.44. The topological polar surface area (TPSA) is 105 Å². The van der Waals surface area contributed by atoms with Crippen LogP contribution in [0.4, 0.5) is 0 Å². The number of aromatic nitrogens is 2. The number of amides is 2. The van der Waals surface area contributed by atoms with Gasteiger partial charge in [-0.15, -0.1) is 0 Å². The molecule has 1 saturated heterocycles. The third kappa shape index (κ3) is 6.29. The SMILES string of the molecule is CC(C)N(C)[C@@H]1CC[C@H](N2CC[C@H](NC(=O)c3cn(C)c(-c4ccccc4)n3)C2=O)[C@H](CS(=O)(=O)c2ccccc2)C1. The Hall–Kier alpha value is -3.50.